The van der Waals surface area contributed by atoms with E-state index in [9.17, 15) is 14.4 Å². The number of carbonyl (C=O) groups excluding carboxylic acids is 3. The van der Waals surface area contributed by atoms with Gasteiger partial charge in [-0.2, -0.15) is 0 Å². The molecule has 2 aromatic carbocycles. The molecule has 2 aromatic rings. The second-order valence-corrected chi connectivity index (χ2v) is 5.97. The van der Waals surface area contributed by atoms with Crippen LogP contribution in [0.3, 0.4) is 0 Å². The highest BCUT2D eigenvalue weighted by Crippen LogP contribution is 2.22. The summed E-state index contributed by atoms with van der Waals surface area (Å²) in [4.78, 5) is 37.9. The summed E-state index contributed by atoms with van der Waals surface area (Å²) in [7, 11) is 0. The molecule has 0 atom stereocenters. The molecule has 0 spiro atoms. The summed E-state index contributed by atoms with van der Waals surface area (Å²) in [5.74, 6) is -0.674. The van der Waals surface area contributed by atoms with E-state index in [4.69, 9.17) is 0 Å². The van der Waals surface area contributed by atoms with Gasteiger partial charge in [-0.05, 0) is 36.6 Å². The molecule has 0 radical (unpaired) electrons. The third-order valence-corrected chi connectivity index (χ3v) is 4.34. The maximum atomic E-state index is 12.3. The maximum absolute atomic E-state index is 12.3. The zero-order valence-electron chi connectivity index (χ0n) is 14.1. The van der Waals surface area contributed by atoms with Crippen LogP contribution >= 0.6 is 0 Å². The summed E-state index contributed by atoms with van der Waals surface area (Å²) in [5, 5.41) is 2.90. The summed E-state index contributed by atoms with van der Waals surface area (Å²) >= 11 is 0. The number of nitrogens with one attached hydrogen (secondary N) is 1. The Bertz CT molecular complexity index is 794. The van der Waals surface area contributed by atoms with Crippen molar-refractivity contribution < 1.29 is 14.4 Å². The van der Waals surface area contributed by atoms with Crippen molar-refractivity contribution >= 4 is 23.4 Å². The lowest BCUT2D eigenvalue weighted by Gasteiger charge is -2.14. The van der Waals surface area contributed by atoms with Crippen molar-refractivity contribution in [1.29, 1.82) is 0 Å². The third kappa shape index (κ3) is 3.45. The molecule has 0 unspecified atom stereocenters. The van der Waals surface area contributed by atoms with Crippen molar-refractivity contribution in [1.82, 2.24) is 4.90 Å². The first-order valence-electron chi connectivity index (χ1n) is 8.44. The summed E-state index contributed by atoms with van der Waals surface area (Å²) < 4.78 is 0. The van der Waals surface area contributed by atoms with E-state index in [0.29, 0.717) is 17.5 Å². The number of benzene rings is 2. The Labute approximate surface area is 146 Å². The van der Waals surface area contributed by atoms with Gasteiger partial charge in [0.25, 0.3) is 11.8 Å². The van der Waals surface area contributed by atoms with Crippen LogP contribution < -0.4 is 5.32 Å². The molecule has 1 aliphatic rings. The van der Waals surface area contributed by atoms with E-state index in [-0.39, 0.29) is 30.7 Å². The van der Waals surface area contributed by atoms with Crippen LogP contribution in [0.25, 0.3) is 0 Å². The fraction of sp³-hybridized carbons (Fsp3) is 0.250. The van der Waals surface area contributed by atoms with Gasteiger partial charge in [0.2, 0.25) is 5.91 Å². The topological polar surface area (TPSA) is 66.5 Å². The van der Waals surface area contributed by atoms with Gasteiger partial charge < -0.3 is 5.32 Å². The Kier molecular flexibility index (Phi) is 4.93. The molecule has 0 bridgehead atoms. The second kappa shape index (κ2) is 7.30. The Morgan fingerprint density at radius 3 is 2.20 bits per heavy atom. The van der Waals surface area contributed by atoms with Crippen LogP contribution in [-0.4, -0.2) is 29.2 Å². The Morgan fingerprint density at radius 2 is 1.56 bits per heavy atom. The first kappa shape index (κ1) is 16.9. The molecular formula is C20H20N2O3. The van der Waals surface area contributed by atoms with E-state index in [1.165, 1.54) is 4.90 Å². The molecule has 3 amide bonds. The van der Waals surface area contributed by atoms with Gasteiger partial charge in [-0.25, -0.2) is 0 Å². The highest BCUT2D eigenvalue weighted by molar-refractivity contribution is 6.21. The first-order valence-corrected chi connectivity index (χ1v) is 8.44. The van der Waals surface area contributed by atoms with Crippen LogP contribution in [0.15, 0.2) is 48.5 Å². The van der Waals surface area contributed by atoms with Gasteiger partial charge in [0.1, 0.15) is 0 Å². The number of hydrogen-bond acceptors (Lipinski definition) is 3. The van der Waals surface area contributed by atoms with Crippen molar-refractivity contribution in [2.24, 2.45) is 0 Å². The monoisotopic (exact) mass is 336 g/mol. The molecule has 0 aromatic heterocycles. The minimum absolute atomic E-state index is 0.113. The molecule has 0 fully saturated rings. The van der Waals surface area contributed by atoms with E-state index in [1.54, 1.807) is 24.3 Å². The molecule has 0 aliphatic carbocycles. The highest BCUT2D eigenvalue weighted by atomic mass is 16.2. The first-order chi connectivity index (χ1) is 12.1. The largest absolute Gasteiger partial charge is 0.326 e. The van der Waals surface area contributed by atoms with E-state index >= 15 is 0 Å². The number of rotatable bonds is 6. The molecule has 5 heteroatoms. The Balaban J connectivity index is 1.54. The average molecular weight is 336 g/mol. The summed E-state index contributed by atoms with van der Waals surface area (Å²) in [6, 6.07) is 14.5. The van der Waals surface area contributed by atoms with Gasteiger partial charge in [-0.1, -0.05) is 37.3 Å². The summed E-state index contributed by atoms with van der Waals surface area (Å²) in [6.45, 7) is 2.28. The van der Waals surface area contributed by atoms with Crippen LogP contribution in [0, 0.1) is 0 Å². The fourth-order valence-electron chi connectivity index (χ4n) is 3.00. The van der Waals surface area contributed by atoms with Crippen molar-refractivity contribution in [3.05, 3.63) is 65.2 Å². The molecule has 128 valence electrons. The van der Waals surface area contributed by atoms with Crippen LogP contribution in [0.2, 0.25) is 0 Å². The zero-order chi connectivity index (χ0) is 17.8. The SMILES string of the molecule is CCc1ccccc1NC(=O)CCCN1C(=O)c2ccccc2C1=O. The number of amides is 3. The van der Waals surface area contributed by atoms with Crippen LogP contribution in [0.5, 0.6) is 0 Å². The lowest BCUT2D eigenvalue weighted by molar-refractivity contribution is -0.116. The van der Waals surface area contributed by atoms with Crippen molar-refractivity contribution in [2.75, 3.05) is 11.9 Å². The van der Waals surface area contributed by atoms with Gasteiger partial charge in [-0.3, -0.25) is 19.3 Å². The number of carbonyl (C=O) groups is 3. The quantitative estimate of drug-likeness (QED) is 0.823. The standard InChI is InChI=1S/C20H20N2O3/c1-2-14-8-3-6-11-17(14)21-18(23)12-7-13-22-19(24)15-9-4-5-10-16(15)20(22)25/h3-6,8-11H,2,7,12-13H2,1H3,(H,21,23). The maximum Gasteiger partial charge on any atom is 0.261 e. The lowest BCUT2D eigenvalue weighted by atomic mass is 10.1. The number of para-hydroxylation sites is 1. The Morgan fingerprint density at radius 1 is 0.960 bits per heavy atom. The van der Waals surface area contributed by atoms with Crippen LogP contribution in [0.1, 0.15) is 46.0 Å². The predicted octanol–water partition coefficient (Wildman–Crippen LogP) is 3.26. The smallest absolute Gasteiger partial charge is 0.261 e. The van der Waals surface area contributed by atoms with Gasteiger partial charge >= 0.3 is 0 Å². The minimum atomic E-state index is -0.280. The predicted molar refractivity (Wildman–Crippen MR) is 95.5 cm³/mol. The van der Waals surface area contributed by atoms with Gasteiger partial charge in [-0.15, -0.1) is 0 Å². The Hall–Kier alpha value is -2.95. The normalized spacial score (nSPS) is 13.1. The van der Waals surface area contributed by atoms with Gasteiger partial charge in [0.15, 0.2) is 0 Å². The van der Waals surface area contributed by atoms with Gasteiger partial charge in [0.05, 0.1) is 11.1 Å². The summed E-state index contributed by atoms with van der Waals surface area (Å²) in [5.41, 5.74) is 2.77. The average Bonchev–Trinajstić information content (AvgIpc) is 2.87. The van der Waals surface area contributed by atoms with E-state index < -0.39 is 0 Å². The minimum Gasteiger partial charge on any atom is -0.326 e. The van der Waals surface area contributed by atoms with Crippen molar-refractivity contribution in [2.45, 2.75) is 26.2 Å². The molecular weight excluding hydrogens is 316 g/mol. The molecule has 0 saturated carbocycles. The van der Waals surface area contributed by atoms with Crippen LogP contribution in [-0.2, 0) is 11.2 Å². The van der Waals surface area contributed by atoms with Crippen LogP contribution in [0.4, 0.5) is 5.69 Å². The van der Waals surface area contributed by atoms with Crippen molar-refractivity contribution in [3.8, 4) is 0 Å². The molecule has 1 N–H and O–H groups in total. The molecule has 1 heterocycles. The zero-order valence-corrected chi connectivity index (χ0v) is 14.1. The third-order valence-electron chi connectivity index (χ3n) is 4.34. The molecule has 3 rings (SSSR count). The van der Waals surface area contributed by atoms with E-state index in [0.717, 1.165) is 17.7 Å². The molecule has 5 nitrogen and oxygen atoms in total. The number of imide groups is 1. The number of aryl methyl sites for hydroxylation is 1. The molecule has 0 saturated heterocycles. The summed E-state index contributed by atoms with van der Waals surface area (Å²) in [6.07, 6.45) is 1.53. The highest BCUT2D eigenvalue weighted by Gasteiger charge is 2.34. The number of anilines is 1. The second-order valence-electron chi connectivity index (χ2n) is 5.97. The number of fused-ring (bicyclic) bond motifs is 1. The molecule has 1 aliphatic heterocycles. The van der Waals surface area contributed by atoms with Crippen molar-refractivity contribution in [3.63, 3.8) is 0 Å². The van der Waals surface area contributed by atoms with E-state index in [1.807, 2.05) is 31.2 Å². The fourth-order valence-corrected chi connectivity index (χ4v) is 3.00. The number of nitrogens with zero attached hydrogens (tertiary/aromatic N) is 1. The molecule has 25 heavy (non-hydrogen) atoms. The van der Waals surface area contributed by atoms with Gasteiger partial charge in [0, 0.05) is 18.7 Å². The lowest BCUT2D eigenvalue weighted by Crippen LogP contribution is -2.31. The number of hydrogen-bond donors (Lipinski definition) is 1. The van der Waals surface area contributed by atoms with E-state index in [2.05, 4.69) is 5.32 Å².